The van der Waals surface area contributed by atoms with E-state index in [1.165, 1.54) is 4.31 Å². The predicted molar refractivity (Wildman–Crippen MR) is 86.6 cm³/mol. The zero-order valence-electron chi connectivity index (χ0n) is 12.1. The Kier molecular flexibility index (Phi) is 7.07. The lowest BCUT2D eigenvalue weighted by molar-refractivity contribution is 0.412. The molecular formula is C12H21BrN2O3S2. The Hall–Kier alpha value is -0.0200. The second-order valence-electron chi connectivity index (χ2n) is 4.46. The van der Waals surface area contributed by atoms with Crippen molar-refractivity contribution in [1.82, 2.24) is 9.62 Å². The van der Waals surface area contributed by atoms with Crippen LogP contribution in [0.4, 0.5) is 0 Å². The lowest BCUT2D eigenvalue weighted by atomic mass is 10.4. The highest BCUT2D eigenvalue weighted by atomic mass is 79.9. The topological polar surface area (TPSA) is 62.6 Å². The average Bonchev–Trinajstić information content (AvgIpc) is 2.77. The fourth-order valence-corrected chi connectivity index (χ4v) is 4.77. The van der Waals surface area contributed by atoms with E-state index in [4.69, 9.17) is 4.42 Å². The maximum Gasteiger partial charge on any atom is 0.247 e. The second kappa shape index (κ2) is 7.84. The van der Waals surface area contributed by atoms with E-state index in [1.54, 1.807) is 24.9 Å². The summed E-state index contributed by atoms with van der Waals surface area (Å²) in [5.41, 5.74) is 0. The lowest BCUT2D eigenvalue weighted by Gasteiger charge is -2.23. The first-order valence-electron chi connectivity index (χ1n) is 6.30. The molecule has 0 aliphatic carbocycles. The Morgan fingerprint density at radius 3 is 2.75 bits per heavy atom. The van der Waals surface area contributed by atoms with Crippen molar-refractivity contribution in [1.29, 1.82) is 0 Å². The molecule has 1 heterocycles. The van der Waals surface area contributed by atoms with Crippen LogP contribution >= 0.6 is 27.7 Å². The number of nitrogens with one attached hydrogen (secondary N) is 1. The Balaban J connectivity index is 3.00. The number of nitrogens with zero attached hydrogens (tertiary/aromatic N) is 1. The van der Waals surface area contributed by atoms with Crippen LogP contribution in [-0.2, 0) is 16.6 Å². The number of rotatable bonds is 8. The number of thioether (sulfide) groups is 1. The summed E-state index contributed by atoms with van der Waals surface area (Å²) in [6, 6.07) is 1.50. The number of halogens is 1. The van der Waals surface area contributed by atoms with Crippen LogP contribution in [0.1, 0.15) is 19.6 Å². The van der Waals surface area contributed by atoms with Gasteiger partial charge in [-0.1, -0.05) is 6.92 Å². The zero-order chi connectivity index (χ0) is 15.3. The van der Waals surface area contributed by atoms with Gasteiger partial charge >= 0.3 is 0 Å². The highest BCUT2D eigenvalue weighted by Gasteiger charge is 2.29. The van der Waals surface area contributed by atoms with Crippen LogP contribution in [0, 0.1) is 0 Å². The Morgan fingerprint density at radius 1 is 1.55 bits per heavy atom. The molecule has 1 aromatic heterocycles. The van der Waals surface area contributed by atoms with Gasteiger partial charge < -0.3 is 9.73 Å². The molecule has 0 saturated carbocycles. The third-order valence-corrected chi connectivity index (χ3v) is 6.59. The maximum absolute atomic E-state index is 12.6. The van der Waals surface area contributed by atoms with Crippen LogP contribution < -0.4 is 5.32 Å². The summed E-state index contributed by atoms with van der Waals surface area (Å²) >= 11 is 4.81. The minimum atomic E-state index is -3.54. The first kappa shape index (κ1) is 18.0. The molecule has 1 unspecified atom stereocenters. The van der Waals surface area contributed by atoms with E-state index < -0.39 is 10.0 Å². The molecule has 116 valence electrons. The normalized spacial score (nSPS) is 13.9. The molecule has 0 aliphatic heterocycles. The third kappa shape index (κ3) is 4.24. The summed E-state index contributed by atoms with van der Waals surface area (Å²) in [6.07, 6.45) is 1.96. The molecule has 0 spiro atoms. The quantitative estimate of drug-likeness (QED) is 0.745. The van der Waals surface area contributed by atoms with Gasteiger partial charge in [0.25, 0.3) is 0 Å². The molecule has 20 heavy (non-hydrogen) atoms. The van der Waals surface area contributed by atoms with Crippen LogP contribution in [0.25, 0.3) is 0 Å². The van der Waals surface area contributed by atoms with E-state index in [-0.39, 0.29) is 15.6 Å². The fraction of sp³-hybridized carbons (Fsp3) is 0.667. The summed E-state index contributed by atoms with van der Waals surface area (Å²) < 4.78 is 32.2. The van der Waals surface area contributed by atoms with Crippen molar-refractivity contribution in [3.63, 3.8) is 0 Å². The van der Waals surface area contributed by atoms with Crippen molar-refractivity contribution in [2.75, 3.05) is 25.6 Å². The minimum Gasteiger partial charge on any atom is -0.452 e. The van der Waals surface area contributed by atoms with Crippen LogP contribution in [0.2, 0.25) is 0 Å². The monoisotopic (exact) mass is 384 g/mol. The highest BCUT2D eigenvalue weighted by molar-refractivity contribution is 9.10. The highest BCUT2D eigenvalue weighted by Crippen LogP contribution is 2.29. The maximum atomic E-state index is 12.6. The minimum absolute atomic E-state index is 0.0750. The van der Waals surface area contributed by atoms with Crippen molar-refractivity contribution in [2.45, 2.75) is 31.3 Å². The van der Waals surface area contributed by atoms with Crippen LogP contribution in [0.15, 0.2) is 20.0 Å². The van der Waals surface area contributed by atoms with Gasteiger partial charge in [0, 0.05) is 24.9 Å². The van der Waals surface area contributed by atoms with Gasteiger partial charge in [0.2, 0.25) is 10.0 Å². The van der Waals surface area contributed by atoms with Gasteiger partial charge in [-0.3, -0.25) is 0 Å². The fourth-order valence-electron chi connectivity index (χ4n) is 1.65. The zero-order valence-corrected chi connectivity index (χ0v) is 15.4. The van der Waals surface area contributed by atoms with Gasteiger partial charge in [-0.15, -0.1) is 0 Å². The van der Waals surface area contributed by atoms with E-state index in [2.05, 4.69) is 21.2 Å². The van der Waals surface area contributed by atoms with Crippen molar-refractivity contribution in [2.24, 2.45) is 0 Å². The standard InChI is InChI=1S/C12H21BrN2O3S2/c1-5-14-7-10-6-11(12(13)18-10)20(16,17)15(3)9(2)8-19-4/h6,9,14H,5,7-8H2,1-4H3. The Bertz CT molecular complexity index is 531. The third-order valence-electron chi connectivity index (χ3n) is 2.94. The van der Waals surface area contributed by atoms with Gasteiger partial charge in [-0.05, 0) is 35.7 Å². The summed E-state index contributed by atoms with van der Waals surface area (Å²) in [5, 5.41) is 3.10. The Morgan fingerprint density at radius 2 is 2.20 bits per heavy atom. The van der Waals surface area contributed by atoms with E-state index in [9.17, 15) is 8.42 Å². The van der Waals surface area contributed by atoms with Crippen molar-refractivity contribution in [3.05, 3.63) is 16.5 Å². The molecule has 0 aromatic carbocycles. The van der Waals surface area contributed by atoms with E-state index in [0.29, 0.717) is 12.3 Å². The van der Waals surface area contributed by atoms with Crippen LogP contribution in [0.5, 0.6) is 0 Å². The van der Waals surface area contributed by atoms with E-state index >= 15 is 0 Å². The molecule has 0 fully saturated rings. The SMILES string of the molecule is CCNCc1cc(S(=O)(=O)N(C)C(C)CSC)c(Br)o1. The first-order valence-corrected chi connectivity index (χ1v) is 9.93. The van der Waals surface area contributed by atoms with Gasteiger partial charge in [0.15, 0.2) is 4.67 Å². The van der Waals surface area contributed by atoms with Crippen molar-refractivity contribution in [3.8, 4) is 0 Å². The summed E-state index contributed by atoms with van der Waals surface area (Å²) in [7, 11) is -1.95. The van der Waals surface area contributed by atoms with Crippen molar-refractivity contribution >= 4 is 37.7 Å². The van der Waals surface area contributed by atoms with Gasteiger partial charge in [0.05, 0.1) is 6.54 Å². The first-order chi connectivity index (χ1) is 9.34. The molecule has 1 rings (SSSR count). The lowest BCUT2D eigenvalue weighted by Crippen LogP contribution is -2.36. The molecule has 1 aromatic rings. The van der Waals surface area contributed by atoms with E-state index in [1.807, 2.05) is 20.1 Å². The average molecular weight is 385 g/mol. The van der Waals surface area contributed by atoms with Crippen LogP contribution in [-0.4, -0.2) is 44.4 Å². The summed E-state index contributed by atoms with van der Waals surface area (Å²) in [6.45, 7) is 5.18. The molecule has 0 saturated heterocycles. The van der Waals surface area contributed by atoms with Gasteiger partial charge in [0.1, 0.15) is 10.7 Å². The molecule has 1 N–H and O–H groups in total. The molecule has 0 radical (unpaired) electrons. The smallest absolute Gasteiger partial charge is 0.247 e. The molecule has 1 atom stereocenters. The van der Waals surface area contributed by atoms with Crippen molar-refractivity contribution < 1.29 is 12.8 Å². The molecule has 0 amide bonds. The molecule has 0 bridgehead atoms. The van der Waals surface area contributed by atoms with E-state index in [0.717, 1.165) is 12.3 Å². The summed E-state index contributed by atoms with van der Waals surface area (Å²) in [4.78, 5) is 0.181. The Labute approximate surface area is 133 Å². The predicted octanol–water partition coefficient (Wildman–Crippen LogP) is 2.52. The molecular weight excluding hydrogens is 364 g/mol. The molecule has 8 heteroatoms. The number of sulfonamides is 1. The van der Waals surface area contributed by atoms with Gasteiger partial charge in [-0.2, -0.15) is 16.1 Å². The molecule has 5 nitrogen and oxygen atoms in total. The number of furan rings is 1. The number of hydrogen-bond donors (Lipinski definition) is 1. The summed E-state index contributed by atoms with van der Waals surface area (Å²) in [5.74, 6) is 1.35. The molecule has 0 aliphatic rings. The number of hydrogen-bond acceptors (Lipinski definition) is 5. The second-order valence-corrected chi connectivity index (χ2v) is 8.05. The van der Waals surface area contributed by atoms with Crippen LogP contribution in [0.3, 0.4) is 0 Å². The largest absolute Gasteiger partial charge is 0.452 e. The van der Waals surface area contributed by atoms with Gasteiger partial charge in [-0.25, -0.2) is 8.42 Å².